The predicted molar refractivity (Wildman–Crippen MR) is 148 cm³/mol. The van der Waals surface area contributed by atoms with Gasteiger partial charge >= 0.3 is 5.97 Å². The van der Waals surface area contributed by atoms with Gasteiger partial charge < -0.3 is 15.4 Å². The summed E-state index contributed by atoms with van der Waals surface area (Å²) >= 11 is 15.9. The van der Waals surface area contributed by atoms with Crippen molar-refractivity contribution in [3.05, 3.63) is 116 Å². The fourth-order valence-electron chi connectivity index (χ4n) is 3.40. The van der Waals surface area contributed by atoms with E-state index < -0.39 is 5.97 Å². The maximum absolute atomic E-state index is 12.2. The lowest BCUT2D eigenvalue weighted by molar-refractivity contribution is -0.136. The second-order valence-electron chi connectivity index (χ2n) is 7.95. The summed E-state index contributed by atoms with van der Waals surface area (Å²) in [6.45, 7) is 4.60. The molecular weight excluding hydrogens is 565 g/mol. The highest BCUT2D eigenvalue weighted by atomic mass is 79.9. The number of hydrogen-bond donors (Lipinski definition) is 3. The second kappa shape index (κ2) is 12.7. The average Bonchev–Trinajstić information content (AvgIpc) is 2.81. The third-order valence-electron chi connectivity index (χ3n) is 5.17. The van der Waals surface area contributed by atoms with Crippen LogP contribution in [0.5, 0.6) is 0 Å². The molecule has 36 heavy (non-hydrogen) atoms. The average molecular weight is 589 g/mol. The summed E-state index contributed by atoms with van der Waals surface area (Å²) in [5, 5.41) is 13.9. The number of carbonyl (C=O) groups excluding carboxylic acids is 1. The molecule has 3 aromatic carbocycles. The first-order valence-corrected chi connectivity index (χ1v) is 12.4. The molecule has 0 heterocycles. The van der Waals surface area contributed by atoms with Crippen LogP contribution in [-0.2, 0) is 11.3 Å². The van der Waals surface area contributed by atoms with Crippen molar-refractivity contribution in [3.8, 4) is 0 Å². The molecule has 0 saturated carbocycles. The number of amides is 1. The summed E-state index contributed by atoms with van der Waals surface area (Å²) in [6.07, 6.45) is 1.73. The first-order chi connectivity index (χ1) is 17.1. The Balaban J connectivity index is 1.83. The van der Waals surface area contributed by atoms with Crippen LogP contribution in [-0.4, -0.2) is 28.5 Å². The molecule has 0 unspecified atom stereocenters. The number of hydrogen-bond acceptors (Lipinski definition) is 4. The summed E-state index contributed by atoms with van der Waals surface area (Å²) < 4.78 is 0.897. The van der Waals surface area contributed by atoms with Gasteiger partial charge in [0.25, 0.3) is 5.91 Å². The molecule has 0 fully saturated rings. The zero-order valence-electron chi connectivity index (χ0n) is 19.2. The Morgan fingerprint density at radius 2 is 1.67 bits per heavy atom. The van der Waals surface area contributed by atoms with Crippen LogP contribution in [0.3, 0.4) is 0 Å². The van der Waals surface area contributed by atoms with Gasteiger partial charge in [-0.15, -0.1) is 0 Å². The lowest BCUT2D eigenvalue weighted by Gasteiger charge is -2.23. The standard InChI is InChI=1S/C27H24BrCl2N3O3/c1-17(21-13-23(29)15-24(30)14-21)11-25(20-3-2-4-22(28)12-20)33(31)16-18-5-7-19(8-6-18)27(36)32-10-9-26(34)35/h2-8,11-15H,1,9-10,16,31H2,(H,32,36)(H,34,35)/b25-11-. The monoisotopic (exact) mass is 587 g/mol. The quantitative estimate of drug-likeness (QED) is 0.145. The first-order valence-electron chi connectivity index (χ1n) is 10.9. The number of aliphatic carboxylic acids is 1. The molecule has 9 heteroatoms. The number of carbonyl (C=O) groups is 2. The van der Waals surface area contributed by atoms with Crippen molar-refractivity contribution < 1.29 is 14.7 Å². The molecule has 3 rings (SSSR count). The van der Waals surface area contributed by atoms with Gasteiger partial charge in [-0.25, -0.2) is 5.84 Å². The van der Waals surface area contributed by atoms with Crippen molar-refractivity contribution in [2.75, 3.05) is 6.54 Å². The van der Waals surface area contributed by atoms with Gasteiger partial charge in [0.2, 0.25) is 0 Å². The lowest BCUT2D eigenvalue weighted by atomic mass is 10.0. The van der Waals surface area contributed by atoms with Crippen molar-refractivity contribution >= 4 is 62.3 Å². The van der Waals surface area contributed by atoms with Crippen molar-refractivity contribution in [2.24, 2.45) is 5.84 Å². The van der Waals surface area contributed by atoms with Crippen LogP contribution < -0.4 is 11.2 Å². The van der Waals surface area contributed by atoms with Crippen LogP contribution in [0.15, 0.2) is 83.9 Å². The molecule has 1 amide bonds. The van der Waals surface area contributed by atoms with E-state index in [1.54, 1.807) is 47.5 Å². The van der Waals surface area contributed by atoms with E-state index in [-0.39, 0.29) is 18.9 Å². The number of nitrogens with zero attached hydrogens (tertiary/aromatic N) is 1. The number of carboxylic acids is 1. The summed E-state index contributed by atoms with van der Waals surface area (Å²) in [5.41, 5.74) is 4.34. The Labute approximate surface area is 228 Å². The maximum Gasteiger partial charge on any atom is 0.305 e. The highest BCUT2D eigenvalue weighted by Crippen LogP contribution is 2.29. The highest BCUT2D eigenvalue weighted by Gasteiger charge is 2.13. The molecule has 0 spiro atoms. The van der Waals surface area contributed by atoms with Gasteiger partial charge in [-0.1, -0.05) is 70.0 Å². The third kappa shape index (κ3) is 7.96. The maximum atomic E-state index is 12.2. The molecule has 0 radical (unpaired) electrons. The van der Waals surface area contributed by atoms with E-state index in [1.807, 2.05) is 30.3 Å². The minimum absolute atomic E-state index is 0.0645. The molecule has 0 aliphatic rings. The molecule has 0 atom stereocenters. The SMILES string of the molecule is C=C(/C=C(/c1cccc(Br)c1)N(N)Cc1ccc(C(=O)NCCC(=O)O)cc1)c1cc(Cl)cc(Cl)c1. The Kier molecular flexibility index (Phi) is 9.73. The zero-order chi connectivity index (χ0) is 26.2. The Hall–Kier alpha value is -3.10. The summed E-state index contributed by atoms with van der Waals surface area (Å²) in [7, 11) is 0. The number of nitrogens with two attached hydrogens (primary N) is 1. The van der Waals surface area contributed by atoms with Crippen LogP contribution in [0, 0.1) is 0 Å². The molecule has 4 N–H and O–H groups in total. The van der Waals surface area contributed by atoms with Crippen molar-refractivity contribution in [1.29, 1.82) is 0 Å². The van der Waals surface area contributed by atoms with Gasteiger partial charge in [0.15, 0.2) is 0 Å². The van der Waals surface area contributed by atoms with Crippen molar-refractivity contribution in [1.82, 2.24) is 10.3 Å². The Bertz CT molecular complexity index is 1290. The highest BCUT2D eigenvalue weighted by molar-refractivity contribution is 9.10. The van der Waals surface area contributed by atoms with Gasteiger partial charge in [0, 0.05) is 32.2 Å². The lowest BCUT2D eigenvalue weighted by Crippen LogP contribution is -2.29. The first kappa shape index (κ1) is 27.5. The van der Waals surface area contributed by atoms with E-state index in [0.29, 0.717) is 33.4 Å². The van der Waals surface area contributed by atoms with Gasteiger partial charge in [0.05, 0.1) is 18.7 Å². The molecule has 3 aromatic rings. The van der Waals surface area contributed by atoms with Crippen LogP contribution in [0.25, 0.3) is 11.3 Å². The van der Waals surface area contributed by atoms with E-state index in [1.165, 1.54) is 0 Å². The van der Waals surface area contributed by atoms with Crippen molar-refractivity contribution in [2.45, 2.75) is 13.0 Å². The van der Waals surface area contributed by atoms with Crippen LogP contribution in [0.4, 0.5) is 0 Å². The summed E-state index contributed by atoms with van der Waals surface area (Å²) in [5.74, 6) is 5.23. The van der Waals surface area contributed by atoms with Crippen LogP contribution in [0.2, 0.25) is 10.0 Å². The normalized spacial score (nSPS) is 11.2. The smallest absolute Gasteiger partial charge is 0.305 e. The van der Waals surface area contributed by atoms with Gasteiger partial charge in [0.1, 0.15) is 0 Å². The molecule has 0 bridgehead atoms. The number of nitrogens with one attached hydrogen (secondary N) is 1. The number of benzene rings is 3. The fraction of sp³-hybridized carbons (Fsp3) is 0.111. The Morgan fingerprint density at radius 1 is 1.00 bits per heavy atom. The van der Waals surface area contributed by atoms with E-state index in [0.717, 1.165) is 21.2 Å². The number of rotatable bonds is 10. The summed E-state index contributed by atoms with van der Waals surface area (Å²) in [4.78, 5) is 22.8. The van der Waals surface area contributed by atoms with Crippen molar-refractivity contribution in [3.63, 3.8) is 0 Å². The van der Waals surface area contributed by atoms with E-state index >= 15 is 0 Å². The van der Waals surface area contributed by atoms with Crippen LogP contribution in [0.1, 0.15) is 33.5 Å². The molecule has 6 nitrogen and oxygen atoms in total. The number of halogens is 3. The molecular formula is C27H24BrCl2N3O3. The zero-order valence-corrected chi connectivity index (χ0v) is 22.3. The number of allylic oxidation sites excluding steroid dienone is 2. The van der Waals surface area contributed by atoms with E-state index in [9.17, 15) is 9.59 Å². The minimum atomic E-state index is -0.968. The second-order valence-corrected chi connectivity index (χ2v) is 9.74. The Morgan fingerprint density at radius 3 is 2.28 bits per heavy atom. The topological polar surface area (TPSA) is 95.7 Å². The fourth-order valence-corrected chi connectivity index (χ4v) is 4.32. The predicted octanol–water partition coefficient (Wildman–Crippen LogP) is 6.39. The molecule has 0 aliphatic carbocycles. The van der Waals surface area contributed by atoms with Gasteiger partial charge in [-0.2, -0.15) is 0 Å². The molecule has 0 aliphatic heterocycles. The molecule has 0 aromatic heterocycles. The molecule has 0 saturated heterocycles. The van der Waals surface area contributed by atoms with E-state index in [2.05, 4.69) is 27.8 Å². The summed E-state index contributed by atoms with van der Waals surface area (Å²) in [6, 6.07) is 19.9. The van der Waals surface area contributed by atoms with Gasteiger partial charge in [-0.3, -0.25) is 9.59 Å². The largest absolute Gasteiger partial charge is 0.481 e. The number of carboxylic acid groups (broad SMARTS) is 1. The number of hydrazine groups is 1. The minimum Gasteiger partial charge on any atom is -0.481 e. The van der Waals surface area contributed by atoms with Gasteiger partial charge in [-0.05, 0) is 65.2 Å². The van der Waals surface area contributed by atoms with Crippen LogP contribution >= 0.6 is 39.1 Å². The van der Waals surface area contributed by atoms with E-state index in [4.69, 9.17) is 34.2 Å². The third-order valence-corrected chi connectivity index (χ3v) is 6.10. The molecule has 186 valence electrons.